The number of phenols is 4. The van der Waals surface area contributed by atoms with Gasteiger partial charge in [0.25, 0.3) is 0 Å². The fourth-order valence-corrected chi connectivity index (χ4v) is 15.0. The van der Waals surface area contributed by atoms with Crippen LogP contribution in [-0.2, 0) is 60.7 Å². The van der Waals surface area contributed by atoms with Crippen LogP contribution in [0.25, 0.3) is 11.1 Å². The van der Waals surface area contributed by atoms with E-state index in [0.29, 0.717) is 18.8 Å². The lowest BCUT2D eigenvalue weighted by Gasteiger charge is -2.42. The van der Waals surface area contributed by atoms with Crippen molar-refractivity contribution in [3.05, 3.63) is 164 Å². The molecule has 17 bridgehead atoms. The van der Waals surface area contributed by atoms with Crippen molar-refractivity contribution in [1.29, 1.82) is 0 Å². The average molecular weight is 1660 g/mol. The standard InChI is InChI=1S/C80H84Cl2N8O27/c1-32(2)7-5-3-4-6-8-58(97)86-65-68(100)66(98)56(30-91)115-79(65)117-71-54-25-38-26-55(71)113-51-16-10-34(18-45(51)82)20-47-73(104)90-64(78(109)110)43-28-40(94)29-53(114-80-70(102)69(101)67(99)57(31-92)116-80)59(43)42-23-36(12-13-48(42)95)61(75(106)85-47)88-77(108)63(38)89-76(107)62-37-21-39(93)27-41(22-37)111-52-24-35(11-14-49(52)96)60(83)74(105)84-46(72(103)87-62)19-33-9-15-50(112-54)44(81)17-33/h9-18,21-29,32,46-47,56-57,60-70,79-80,91-96,98-102H,3-8,19-20,30-31,83H2,1-2H3,(H,84,105)(H,85,106)(H,86,97)(H,87,103)(H,88,108)(H,89,107)(H,90,104)(H,109,110)/t46-,47+,56-,57-,60-,61-,62+,63-,64+,65-,66-,67-,68-,69+,70+,79+,80+/m1/s1. The zero-order valence-electron chi connectivity index (χ0n) is 62.3. The summed E-state index contributed by atoms with van der Waals surface area (Å²) in [7, 11) is 0. The van der Waals surface area contributed by atoms with Crippen LogP contribution in [0.1, 0.15) is 122 Å². The van der Waals surface area contributed by atoms with Crippen LogP contribution in [0.4, 0.5) is 0 Å². The number of carbonyl (C=O) groups excluding carboxylic acids is 7. The van der Waals surface area contributed by atoms with E-state index in [1.54, 1.807) is 0 Å². The molecular formula is C80H84Cl2N8O27. The molecule has 8 heterocycles. The van der Waals surface area contributed by atoms with E-state index in [4.69, 9.17) is 62.1 Å². The Kier molecular flexibility index (Phi) is 25.2. The Morgan fingerprint density at radius 1 is 0.521 bits per heavy atom. The number of aliphatic hydroxyl groups is 7. The van der Waals surface area contributed by atoms with E-state index in [2.05, 4.69) is 51.1 Å². The Hall–Kier alpha value is -11.3. The van der Waals surface area contributed by atoms with Crippen molar-refractivity contribution >= 4 is 70.5 Å². The van der Waals surface area contributed by atoms with E-state index < -0.39 is 245 Å². The number of hydrogen-bond donors (Lipinski definition) is 20. The predicted octanol–water partition coefficient (Wildman–Crippen LogP) is 3.56. The van der Waals surface area contributed by atoms with Gasteiger partial charge in [0.05, 0.1) is 23.3 Å². The lowest BCUT2D eigenvalue weighted by molar-refractivity contribution is -0.277. The van der Waals surface area contributed by atoms with Gasteiger partial charge in [0.2, 0.25) is 59.7 Å². The number of amides is 7. The van der Waals surface area contributed by atoms with Crippen molar-refractivity contribution in [2.75, 3.05) is 13.2 Å². The van der Waals surface area contributed by atoms with Crippen LogP contribution in [0.15, 0.2) is 115 Å². The van der Waals surface area contributed by atoms with E-state index in [9.17, 15) is 75.7 Å². The molecule has 2 fully saturated rings. The summed E-state index contributed by atoms with van der Waals surface area (Å²) in [5.74, 6) is -15.7. The van der Waals surface area contributed by atoms with Gasteiger partial charge in [-0.15, -0.1) is 0 Å². The second-order valence-corrected chi connectivity index (χ2v) is 30.4. The highest BCUT2D eigenvalue weighted by atomic mass is 35.5. The van der Waals surface area contributed by atoms with E-state index in [1.807, 2.05) is 0 Å². The number of nitrogens with one attached hydrogen (secondary N) is 7. The topological polar surface area (TPSA) is 554 Å². The molecule has 620 valence electrons. The van der Waals surface area contributed by atoms with Crippen LogP contribution in [0, 0.1) is 5.92 Å². The Labute approximate surface area is 675 Å². The number of carboxylic acid groups (broad SMARTS) is 1. The molecule has 37 heteroatoms. The molecule has 17 atom stereocenters. The number of nitrogens with two attached hydrogens (primary N) is 1. The highest BCUT2D eigenvalue weighted by Crippen LogP contribution is 2.50. The van der Waals surface area contributed by atoms with E-state index in [-0.39, 0.29) is 67.3 Å². The van der Waals surface area contributed by atoms with Crippen molar-refractivity contribution in [3.8, 4) is 80.1 Å². The maximum Gasteiger partial charge on any atom is 0.330 e. The largest absolute Gasteiger partial charge is 0.508 e. The number of carbonyl (C=O) groups is 8. The quantitative estimate of drug-likeness (QED) is 0.0652. The first-order valence-electron chi connectivity index (χ1n) is 37.3. The van der Waals surface area contributed by atoms with Gasteiger partial charge in [0.1, 0.15) is 125 Å². The van der Waals surface area contributed by atoms with Gasteiger partial charge in [0, 0.05) is 48.1 Å². The first-order valence-corrected chi connectivity index (χ1v) is 38.1. The molecule has 7 amide bonds. The molecule has 0 spiro atoms. The molecule has 15 rings (SSSR count). The number of halogens is 2. The highest BCUT2D eigenvalue weighted by molar-refractivity contribution is 6.32. The maximum absolute atomic E-state index is 16.6. The number of fused-ring (bicyclic) bond motifs is 14. The lowest BCUT2D eigenvalue weighted by atomic mass is 9.89. The number of rotatable bonds is 15. The molecule has 0 aromatic heterocycles. The van der Waals surface area contributed by atoms with Gasteiger partial charge in [0.15, 0.2) is 29.0 Å². The summed E-state index contributed by atoms with van der Waals surface area (Å²) in [5.41, 5.74) is 4.18. The van der Waals surface area contributed by atoms with E-state index >= 15 is 24.0 Å². The van der Waals surface area contributed by atoms with Crippen molar-refractivity contribution in [2.24, 2.45) is 11.7 Å². The molecule has 8 aliphatic rings. The number of phenolic OH excluding ortho intramolecular Hbond substituents is 4. The lowest BCUT2D eigenvalue weighted by Crippen LogP contribution is -2.65. The number of ether oxygens (including phenoxy) is 7. The fraction of sp³-hybridized carbons (Fsp3) is 0.375. The van der Waals surface area contributed by atoms with Crippen LogP contribution in [-0.4, -0.2) is 195 Å². The predicted molar refractivity (Wildman–Crippen MR) is 408 cm³/mol. The molecule has 0 aliphatic carbocycles. The zero-order chi connectivity index (χ0) is 83.7. The van der Waals surface area contributed by atoms with Gasteiger partial charge in [-0.3, -0.25) is 33.6 Å². The number of aromatic hydroxyl groups is 4. The van der Waals surface area contributed by atoms with E-state index in [0.717, 1.165) is 73.9 Å². The Morgan fingerprint density at radius 2 is 1.06 bits per heavy atom. The van der Waals surface area contributed by atoms with Gasteiger partial charge < -0.3 is 137 Å². The summed E-state index contributed by atoms with van der Waals surface area (Å²) in [4.78, 5) is 122. The molecule has 8 aliphatic heterocycles. The molecule has 0 unspecified atom stereocenters. The third-order valence-corrected chi connectivity index (χ3v) is 21.3. The van der Waals surface area contributed by atoms with Crippen molar-refractivity contribution < 1.29 is 133 Å². The minimum atomic E-state index is -2.36. The summed E-state index contributed by atoms with van der Waals surface area (Å²) < 4.78 is 44.3. The van der Waals surface area contributed by atoms with Gasteiger partial charge in [-0.25, -0.2) is 4.79 Å². The fourth-order valence-electron chi connectivity index (χ4n) is 14.6. The third kappa shape index (κ3) is 18.3. The number of aliphatic hydroxyl groups excluding tert-OH is 7. The summed E-state index contributed by atoms with van der Waals surface area (Å²) in [5, 5.41) is 152. The summed E-state index contributed by atoms with van der Waals surface area (Å²) in [6.07, 6.45) is -14.7. The maximum atomic E-state index is 16.6. The second kappa shape index (κ2) is 35.2. The van der Waals surface area contributed by atoms with Crippen molar-refractivity contribution in [2.45, 2.75) is 169 Å². The summed E-state index contributed by atoms with van der Waals surface area (Å²) >= 11 is 14.4. The molecule has 7 aromatic rings. The van der Waals surface area contributed by atoms with Crippen molar-refractivity contribution in [1.82, 2.24) is 37.2 Å². The van der Waals surface area contributed by atoms with Crippen molar-refractivity contribution in [3.63, 3.8) is 0 Å². The number of unbranched alkanes of at least 4 members (excludes halogenated alkanes) is 3. The number of aliphatic carboxylic acids is 1. The Balaban J connectivity index is 1.04. The summed E-state index contributed by atoms with van der Waals surface area (Å²) in [6.45, 7) is 2.28. The molecular weight excluding hydrogens is 1580 g/mol. The van der Waals surface area contributed by atoms with Crippen LogP contribution in [0.5, 0.6) is 69.0 Å². The van der Waals surface area contributed by atoms with Gasteiger partial charge in [-0.05, 0) is 125 Å². The van der Waals surface area contributed by atoms with Crippen LogP contribution >= 0.6 is 23.2 Å². The molecule has 117 heavy (non-hydrogen) atoms. The number of hydrogen-bond acceptors (Lipinski definition) is 27. The van der Waals surface area contributed by atoms with Gasteiger partial charge in [-0.2, -0.15) is 0 Å². The molecule has 7 aromatic carbocycles. The Morgan fingerprint density at radius 3 is 1.68 bits per heavy atom. The SMILES string of the molecule is CC(C)CCCCCCC(=O)N[C@H]1[C@H](Oc2c3cc4cc2Oc2ccc(cc2Cl)C[C@H]2NC(=O)[C@H](N)c5ccc(O)c(c5)Oc5cc(O)cc(c5)[C@H](NC2=O)C(=O)N[C@H]4C(=O)N[C@H]2C(=O)N[C@@H](Cc4ccc(c(Cl)c4)O3)C(=O)N[C@H](C(=O)O)c3cc(O)cc(O[C@H]4O[C@H](CO)[C@@H](O)[C@H](O)[C@@H]4O)c3-c3cc2ccc3O)O[C@H](CO)[C@@H](O)[C@@H]1O. The molecule has 21 N–H and O–H groups in total. The molecule has 2 saturated heterocycles. The molecule has 35 nitrogen and oxygen atoms in total. The molecule has 0 saturated carbocycles. The summed E-state index contributed by atoms with van der Waals surface area (Å²) in [6, 6.07) is 6.05. The van der Waals surface area contributed by atoms with E-state index in [1.165, 1.54) is 60.7 Å². The highest BCUT2D eigenvalue weighted by Gasteiger charge is 2.49. The monoisotopic (exact) mass is 1660 g/mol. The second-order valence-electron chi connectivity index (χ2n) is 29.5. The van der Waals surface area contributed by atoms with Crippen LogP contribution in [0.2, 0.25) is 10.0 Å². The van der Waals surface area contributed by atoms with Gasteiger partial charge in [-0.1, -0.05) is 87.0 Å². The smallest absolute Gasteiger partial charge is 0.330 e. The first kappa shape index (κ1) is 83.6. The minimum absolute atomic E-state index is 0.0663. The number of benzene rings is 7. The van der Waals surface area contributed by atoms with Crippen LogP contribution < -0.4 is 66.6 Å². The first-order chi connectivity index (χ1) is 55.8. The van der Waals surface area contributed by atoms with Gasteiger partial charge >= 0.3 is 5.97 Å². The zero-order valence-corrected chi connectivity index (χ0v) is 63.8. The molecule has 0 radical (unpaired) electrons. The minimum Gasteiger partial charge on any atom is -0.508 e. The van der Waals surface area contributed by atoms with Crippen LogP contribution in [0.3, 0.4) is 0 Å². The Bertz CT molecular complexity index is 5020. The normalized spacial score (nSPS) is 26.5. The number of carboxylic acids is 1. The third-order valence-electron chi connectivity index (χ3n) is 20.8. The average Bonchev–Trinajstić information content (AvgIpc) is 0.760.